The largest absolute Gasteiger partial charge is 0.489 e. The molecule has 0 radical (unpaired) electrons. The molecule has 8 heteroatoms. The predicted molar refractivity (Wildman–Crippen MR) is 122 cm³/mol. The number of hydrogen-bond acceptors (Lipinski definition) is 5. The molecule has 0 bridgehead atoms. The zero-order valence-corrected chi connectivity index (χ0v) is 18.2. The van der Waals surface area contributed by atoms with Gasteiger partial charge in [-0.3, -0.25) is 19.9 Å². The molecule has 4 amide bonds. The van der Waals surface area contributed by atoms with Crippen molar-refractivity contribution < 1.29 is 19.1 Å². The summed E-state index contributed by atoms with van der Waals surface area (Å²) in [4.78, 5) is 41.3. The Balaban J connectivity index is 1.25. The fourth-order valence-corrected chi connectivity index (χ4v) is 4.75. The fraction of sp³-hybridized carbons (Fsp3) is 0.280. The summed E-state index contributed by atoms with van der Waals surface area (Å²) in [5.74, 6) is -0.0275. The summed E-state index contributed by atoms with van der Waals surface area (Å²) in [5, 5.41) is 8.96. The first kappa shape index (κ1) is 20.9. The fourth-order valence-electron chi connectivity index (χ4n) is 4.75. The number of aryl methyl sites for hydroxylation is 1. The number of nitrogens with zero attached hydrogens (tertiary/aromatic N) is 1. The average Bonchev–Trinajstić information content (AvgIpc) is 3.33. The molecule has 33 heavy (non-hydrogen) atoms. The van der Waals surface area contributed by atoms with Crippen LogP contribution < -0.4 is 20.7 Å². The van der Waals surface area contributed by atoms with Gasteiger partial charge in [-0.15, -0.1) is 0 Å². The van der Waals surface area contributed by atoms with Crippen LogP contribution in [-0.4, -0.2) is 34.4 Å². The molecular weight excluding hydrogens is 420 g/mol. The molecule has 2 aliphatic rings. The van der Waals surface area contributed by atoms with Gasteiger partial charge in [-0.05, 0) is 62.6 Å². The van der Waals surface area contributed by atoms with Crippen molar-refractivity contribution in [1.29, 1.82) is 0 Å². The van der Waals surface area contributed by atoms with E-state index < -0.39 is 17.6 Å². The van der Waals surface area contributed by atoms with E-state index in [0.29, 0.717) is 30.8 Å². The second-order valence-corrected chi connectivity index (χ2v) is 8.55. The molecule has 2 heterocycles. The normalized spacial score (nSPS) is 21.8. The Morgan fingerprint density at radius 2 is 1.97 bits per heavy atom. The number of carbonyl (C=O) groups excluding carboxylic acids is 3. The van der Waals surface area contributed by atoms with Gasteiger partial charge >= 0.3 is 6.03 Å². The first-order chi connectivity index (χ1) is 15.9. The smallest absolute Gasteiger partial charge is 0.322 e. The Bertz CT molecular complexity index is 1260. The first-order valence-electron chi connectivity index (χ1n) is 11.0. The Hall–Kier alpha value is -3.94. The van der Waals surface area contributed by atoms with Gasteiger partial charge in [0.25, 0.3) is 11.8 Å². The lowest BCUT2D eigenvalue weighted by Crippen LogP contribution is -2.59. The molecular formula is C25H24N4O4. The summed E-state index contributed by atoms with van der Waals surface area (Å²) in [7, 11) is 0. The number of carbonyl (C=O) groups is 3. The van der Waals surface area contributed by atoms with Crippen molar-refractivity contribution in [2.24, 2.45) is 0 Å². The summed E-state index contributed by atoms with van der Waals surface area (Å²) < 4.78 is 5.97. The Morgan fingerprint density at radius 3 is 2.73 bits per heavy atom. The highest BCUT2D eigenvalue weighted by Crippen LogP contribution is 2.33. The number of ether oxygens (including phenoxy) is 1. The number of hydrogen-bond donors (Lipinski definition) is 3. The quantitative estimate of drug-likeness (QED) is 0.524. The second kappa shape index (κ2) is 8.20. The van der Waals surface area contributed by atoms with E-state index in [1.165, 1.54) is 0 Å². The topological polar surface area (TPSA) is 109 Å². The number of urea groups is 1. The lowest BCUT2D eigenvalue weighted by atomic mass is 9.93. The van der Waals surface area contributed by atoms with E-state index >= 15 is 0 Å². The Morgan fingerprint density at radius 1 is 1.18 bits per heavy atom. The van der Waals surface area contributed by atoms with Crippen molar-refractivity contribution >= 4 is 28.7 Å². The predicted octanol–water partition coefficient (Wildman–Crippen LogP) is 2.98. The molecule has 1 saturated carbocycles. The van der Waals surface area contributed by atoms with Crippen LogP contribution in [0.25, 0.3) is 10.9 Å². The minimum absolute atomic E-state index is 0.294. The monoisotopic (exact) mass is 444 g/mol. The van der Waals surface area contributed by atoms with Crippen molar-refractivity contribution in [2.75, 3.05) is 0 Å². The highest BCUT2D eigenvalue weighted by atomic mass is 16.5. The second-order valence-electron chi connectivity index (χ2n) is 8.55. The van der Waals surface area contributed by atoms with E-state index in [9.17, 15) is 14.4 Å². The van der Waals surface area contributed by atoms with E-state index in [4.69, 9.17) is 4.74 Å². The molecule has 8 nitrogen and oxygen atoms in total. The highest BCUT2D eigenvalue weighted by molar-refractivity contribution is 6.08. The summed E-state index contributed by atoms with van der Waals surface area (Å²) in [6, 6.07) is 15.9. The van der Waals surface area contributed by atoms with E-state index in [1.54, 1.807) is 24.3 Å². The summed E-state index contributed by atoms with van der Waals surface area (Å²) in [6.45, 7) is 2.34. The van der Waals surface area contributed by atoms with Gasteiger partial charge in [0.1, 0.15) is 17.9 Å². The van der Waals surface area contributed by atoms with Crippen LogP contribution in [-0.2, 0) is 11.4 Å². The minimum Gasteiger partial charge on any atom is -0.489 e. The number of pyridine rings is 1. The van der Waals surface area contributed by atoms with Crippen molar-refractivity contribution in [3.8, 4) is 5.75 Å². The molecule has 2 fully saturated rings. The van der Waals surface area contributed by atoms with E-state index in [0.717, 1.165) is 28.6 Å². The number of fused-ring (bicyclic) bond motifs is 1. The van der Waals surface area contributed by atoms with Crippen LogP contribution in [0.2, 0.25) is 0 Å². The molecule has 3 N–H and O–H groups in total. The maximum Gasteiger partial charge on any atom is 0.322 e. The molecule has 1 aliphatic heterocycles. The van der Waals surface area contributed by atoms with Gasteiger partial charge < -0.3 is 15.4 Å². The summed E-state index contributed by atoms with van der Waals surface area (Å²) in [5.41, 5.74) is 2.31. The van der Waals surface area contributed by atoms with Gasteiger partial charge in [0, 0.05) is 22.2 Å². The number of nitrogens with one attached hydrogen (secondary N) is 3. The number of rotatable bonds is 5. The number of benzene rings is 2. The molecule has 2 aromatic carbocycles. The van der Waals surface area contributed by atoms with Crippen LogP contribution in [0.4, 0.5) is 4.79 Å². The minimum atomic E-state index is -1.05. The number of para-hydroxylation sites is 1. The van der Waals surface area contributed by atoms with Gasteiger partial charge in [0.15, 0.2) is 0 Å². The number of amides is 4. The van der Waals surface area contributed by atoms with Crippen LogP contribution in [0.3, 0.4) is 0 Å². The lowest BCUT2D eigenvalue weighted by Gasteiger charge is -2.28. The molecule has 168 valence electrons. The van der Waals surface area contributed by atoms with Gasteiger partial charge in [0.2, 0.25) is 0 Å². The van der Waals surface area contributed by atoms with Crippen LogP contribution in [0.5, 0.6) is 5.75 Å². The average molecular weight is 444 g/mol. The highest BCUT2D eigenvalue weighted by Gasteiger charge is 2.55. The van der Waals surface area contributed by atoms with Crippen molar-refractivity contribution in [3.63, 3.8) is 0 Å². The molecule has 1 aliphatic carbocycles. The van der Waals surface area contributed by atoms with Crippen molar-refractivity contribution in [1.82, 2.24) is 20.9 Å². The molecule has 0 unspecified atom stereocenters. The van der Waals surface area contributed by atoms with E-state index in [1.807, 2.05) is 37.3 Å². The van der Waals surface area contributed by atoms with Gasteiger partial charge in [-0.25, -0.2) is 4.79 Å². The SMILES string of the molecule is Cc1cc(COc2ccc(C(=O)N[C@H]3CCC[C@@]34NC(=O)NC4=O)cc2)c2ccccc2n1. The molecule has 1 spiro atoms. The van der Waals surface area contributed by atoms with E-state index in [-0.39, 0.29) is 11.8 Å². The summed E-state index contributed by atoms with van der Waals surface area (Å²) >= 11 is 0. The van der Waals surface area contributed by atoms with Crippen LogP contribution in [0, 0.1) is 6.92 Å². The maximum absolute atomic E-state index is 12.8. The lowest BCUT2D eigenvalue weighted by molar-refractivity contribution is -0.124. The molecule has 5 rings (SSSR count). The van der Waals surface area contributed by atoms with E-state index in [2.05, 4.69) is 20.9 Å². The third-order valence-corrected chi connectivity index (χ3v) is 6.37. The van der Waals surface area contributed by atoms with Gasteiger partial charge in [0.05, 0.1) is 11.6 Å². The first-order valence-corrected chi connectivity index (χ1v) is 11.0. The Kier molecular flexibility index (Phi) is 5.20. The third kappa shape index (κ3) is 3.88. The number of imide groups is 1. The zero-order chi connectivity index (χ0) is 23.0. The van der Waals surface area contributed by atoms with Gasteiger partial charge in [-0.2, -0.15) is 0 Å². The molecule has 1 saturated heterocycles. The zero-order valence-electron chi connectivity index (χ0n) is 18.2. The maximum atomic E-state index is 12.8. The molecule has 2 atom stereocenters. The van der Waals surface area contributed by atoms with Crippen LogP contribution >= 0.6 is 0 Å². The van der Waals surface area contributed by atoms with Crippen LogP contribution in [0.15, 0.2) is 54.6 Å². The van der Waals surface area contributed by atoms with Crippen molar-refractivity contribution in [2.45, 2.75) is 44.4 Å². The summed E-state index contributed by atoms with van der Waals surface area (Å²) in [6.07, 6.45) is 1.87. The standard InChI is InChI=1S/C25H24N4O4/c1-15-13-17(19-5-2-3-6-20(19)26-15)14-33-18-10-8-16(9-11-18)22(30)27-21-7-4-12-25(21)23(31)28-24(32)29-25/h2-3,5-6,8-11,13,21H,4,7,12,14H2,1H3,(H,27,30)(H2,28,29,31,32)/t21-,25+/m0/s1. The molecule has 3 aromatic rings. The Labute approximate surface area is 190 Å². The number of aromatic nitrogens is 1. The molecule has 1 aromatic heterocycles. The van der Waals surface area contributed by atoms with Gasteiger partial charge in [-0.1, -0.05) is 18.2 Å². The van der Waals surface area contributed by atoms with Crippen molar-refractivity contribution in [3.05, 3.63) is 71.4 Å². The van der Waals surface area contributed by atoms with Crippen LogP contribution in [0.1, 0.15) is 40.9 Å². The third-order valence-electron chi connectivity index (χ3n) is 6.37.